The third kappa shape index (κ3) is 3.60. The number of pyridine rings is 1. The second kappa shape index (κ2) is 6.81. The molecular formula is C19H14ClFN2O. The minimum atomic E-state index is -0.359. The molecule has 0 aliphatic carbocycles. The van der Waals surface area contributed by atoms with E-state index in [1.54, 1.807) is 43.3 Å². The van der Waals surface area contributed by atoms with Crippen LogP contribution in [0, 0.1) is 12.7 Å². The van der Waals surface area contributed by atoms with Gasteiger partial charge in [0.15, 0.2) is 0 Å². The summed E-state index contributed by atoms with van der Waals surface area (Å²) in [6.45, 7) is 1.67. The molecule has 3 rings (SSSR count). The maximum atomic E-state index is 13.5. The van der Waals surface area contributed by atoms with Gasteiger partial charge in [0, 0.05) is 22.5 Å². The summed E-state index contributed by atoms with van der Waals surface area (Å²) in [6.07, 6.45) is 1.48. The van der Waals surface area contributed by atoms with Crippen LogP contribution < -0.4 is 5.32 Å². The van der Waals surface area contributed by atoms with Gasteiger partial charge in [-0.2, -0.15) is 0 Å². The molecule has 3 nitrogen and oxygen atoms in total. The van der Waals surface area contributed by atoms with Crippen LogP contribution in [0.25, 0.3) is 11.3 Å². The first-order valence-corrected chi connectivity index (χ1v) is 7.70. The Morgan fingerprint density at radius 1 is 1.12 bits per heavy atom. The van der Waals surface area contributed by atoms with Gasteiger partial charge >= 0.3 is 0 Å². The van der Waals surface area contributed by atoms with Crippen LogP contribution in [0.1, 0.15) is 15.9 Å². The summed E-state index contributed by atoms with van der Waals surface area (Å²) in [5.41, 5.74) is 2.91. The number of carbonyl (C=O) groups is 1. The maximum absolute atomic E-state index is 13.5. The Kier molecular flexibility index (Phi) is 4.58. The van der Waals surface area contributed by atoms with Gasteiger partial charge < -0.3 is 5.32 Å². The molecular weight excluding hydrogens is 327 g/mol. The number of nitrogens with one attached hydrogen (secondary N) is 1. The van der Waals surface area contributed by atoms with Crippen molar-refractivity contribution in [3.05, 3.63) is 82.8 Å². The summed E-state index contributed by atoms with van der Waals surface area (Å²) in [5.74, 6) is -0.703. The predicted octanol–water partition coefficient (Wildman–Crippen LogP) is 5.10. The van der Waals surface area contributed by atoms with Gasteiger partial charge in [0.05, 0.1) is 11.3 Å². The van der Waals surface area contributed by atoms with Gasteiger partial charge in [-0.05, 0) is 48.9 Å². The summed E-state index contributed by atoms with van der Waals surface area (Å²) < 4.78 is 13.5. The summed E-state index contributed by atoms with van der Waals surface area (Å²) >= 11 is 5.97. The first-order chi connectivity index (χ1) is 11.5. The van der Waals surface area contributed by atoms with E-state index in [4.69, 9.17) is 11.6 Å². The van der Waals surface area contributed by atoms with E-state index in [0.717, 1.165) is 11.3 Å². The van der Waals surface area contributed by atoms with Crippen LogP contribution in [0.4, 0.5) is 10.1 Å². The Morgan fingerprint density at radius 2 is 1.96 bits per heavy atom. The van der Waals surface area contributed by atoms with E-state index in [-0.39, 0.29) is 11.7 Å². The van der Waals surface area contributed by atoms with Gasteiger partial charge in [-0.25, -0.2) is 4.39 Å². The maximum Gasteiger partial charge on any atom is 0.257 e. The number of rotatable bonds is 3. The van der Waals surface area contributed by atoms with Crippen LogP contribution in [-0.2, 0) is 0 Å². The van der Waals surface area contributed by atoms with E-state index in [2.05, 4.69) is 10.3 Å². The quantitative estimate of drug-likeness (QED) is 0.720. The van der Waals surface area contributed by atoms with Crippen molar-refractivity contribution >= 4 is 23.2 Å². The van der Waals surface area contributed by atoms with Crippen molar-refractivity contribution in [1.82, 2.24) is 4.98 Å². The number of benzene rings is 2. The van der Waals surface area contributed by atoms with Crippen molar-refractivity contribution in [2.45, 2.75) is 6.92 Å². The Hall–Kier alpha value is -2.72. The zero-order valence-corrected chi connectivity index (χ0v) is 13.6. The Morgan fingerprint density at radius 3 is 2.62 bits per heavy atom. The molecule has 0 atom stereocenters. The van der Waals surface area contributed by atoms with Crippen molar-refractivity contribution < 1.29 is 9.18 Å². The monoisotopic (exact) mass is 340 g/mol. The van der Waals surface area contributed by atoms with Gasteiger partial charge in [-0.3, -0.25) is 9.78 Å². The Bertz CT molecular complexity index is 894. The lowest BCUT2D eigenvalue weighted by molar-refractivity contribution is 0.102. The van der Waals surface area contributed by atoms with Crippen LogP contribution in [0.5, 0.6) is 0 Å². The van der Waals surface area contributed by atoms with Crippen molar-refractivity contribution in [3.63, 3.8) is 0 Å². The number of hydrogen-bond donors (Lipinski definition) is 1. The number of anilines is 1. The summed E-state index contributed by atoms with van der Waals surface area (Å²) in [5, 5.41) is 3.28. The molecule has 0 saturated carbocycles. The highest BCUT2D eigenvalue weighted by molar-refractivity contribution is 6.30. The van der Waals surface area contributed by atoms with Crippen molar-refractivity contribution in [3.8, 4) is 11.3 Å². The average molecular weight is 341 g/mol. The average Bonchev–Trinajstić information content (AvgIpc) is 2.58. The molecule has 0 spiro atoms. The number of amides is 1. The lowest BCUT2D eigenvalue weighted by Gasteiger charge is -2.07. The zero-order chi connectivity index (χ0) is 17.1. The standard InChI is InChI=1S/C19H14ClFN2O/c1-12-5-7-16(10-17(12)21)23-19(24)14-6-8-18(22-11-14)13-3-2-4-15(20)9-13/h2-11H,1H3,(H,23,24). The Balaban J connectivity index is 1.77. The molecule has 1 heterocycles. The van der Waals surface area contributed by atoms with E-state index in [1.165, 1.54) is 12.3 Å². The second-order valence-electron chi connectivity index (χ2n) is 5.36. The first kappa shape index (κ1) is 16.1. The van der Waals surface area contributed by atoms with E-state index in [9.17, 15) is 9.18 Å². The smallest absolute Gasteiger partial charge is 0.257 e. The number of carbonyl (C=O) groups excluding carboxylic acids is 1. The highest BCUT2D eigenvalue weighted by Gasteiger charge is 2.09. The first-order valence-electron chi connectivity index (χ1n) is 7.32. The number of nitrogens with zero attached hydrogens (tertiary/aromatic N) is 1. The molecule has 0 unspecified atom stereocenters. The van der Waals surface area contributed by atoms with E-state index >= 15 is 0 Å². The fraction of sp³-hybridized carbons (Fsp3) is 0.0526. The van der Waals surface area contributed by atoms with Crippen LogP contribution in [-0.4, -0.2) is 10.9 Å². The molecule has 0 saturated heterocycles. The number of aromatic nitrogens is 1. The van der Waals surface area contributed by atoms with Gasteiger partial charge in [-0.1, -0.05) is 29.8 Å². The molecule has 1 N–H and O–H groups in total. The van der Waals surface area contributed by atoms with Crippen molar-refractivity contribution in [1.29, 1.82) is 0 Å². The molecule has 0 bridgehead atoms. The number of aryl methyl sites for hydroxylation is 1. The zero-order valence-electron chi connectivity index (χ0n) is 12.9. The SMILES string of the molecule is Cc1ccc(NC(=O)c2ccc(-c3cccc(Cl)c3)nc2)cc1F. The molecule has 2 aromatic carbocycles. The molecule has 1 amide bonds. The molecule has 3 aromatic rings. The van der Waals surface area contributed by atoms with E-state index in [1.807, 2.05) is 12.1 Å². The molecule has 0 fully saturated rings. The van der Waals surface area contributed by atoms with Crippen molar-refractivity contribution in [2.75, 3.05) is 5.32 Å². The third-order valence-corrected chi connectivity index (χ3v) is 3.81. The fourth-order valence-electron chi connectivity index (χ4n) is 2.22. The van der Waals surface area contributed by atoms with Crippen molar-refractivity contribution in [2.24, 2.45) is 0 Å². The Labute approximate surface area is 144 Å². The second-order valence-corrected chi connectivity index (χ2v) is 5.80. The van der Waals surface area contributed by atoms with Gasteiger partial charge in [0.1, 0.15) is 5.82 Å². The van der Waals surface area contributed by atoms with E-state index in [0.29, 0.717) is 21.8 Å². The normalized spacial score (nSPS) is 10.5. The minimum absolute atomic E-state index is 0.344. The fourth-order valence-corrected chi connectivity index (χ4v) is 2.41. The molecule has 120 valence electrons. The largest absolute Gasteiger partial charge is 0.322 e. The van der Waals surface area contributed by atoms with Gasteiger partial charge in [0.2, 0.25) is 0 Å². The topological polar surface area (TPSA) is 42.0 Å². The van der Waals surface area contributed by atoms with Gasteiger partial charge in [0.25, 0.3) is 5.91 Å². The molecule has 0 aliphatic heterocycles. The molecule has 0 aliphatic rings. The van der Waals surface area contributed by atoms with Crippen LogP contribution in [0.15, 0.2) is 60.8 Å². The lowest BCUT2D eigenvalue weighted by Crippen LogP contribution is -2.12. The third-order valence-electron chi connectivity index (χ3n) is 3.58. The van der Waals surface area contributed by atoms with Crippen LogP contribution in [0.3, 0.4) is 0 Å². The highest BCUT2D eigenvalue weighted by atomic mass is 35.5. The van der Waals surface area contributed by atoms with Crippen LogP contribution in [0.2, 0.25) is 5.02 Å². The highest BCUT2D eigenvalue weighted by Crippen LogP contribution is 2.21. The molecule has 0 radical (unpaired) electrons. The molecule has 1 aromatic heterocycles. The lowest BCUT2D eigenvalue weighted by atomic mass is 10.1. The molecule has 24 heavy (non-hydrogen) atoms. The molecule has 5 heteroatoms. The minimum Gasteiger partial charge on any atom is -0.322 e. The number of hydrogen-bond acceptors (Lipinski definition) is 2. The predicted molar refractivity (Wildman–Crippen MR) is 93.8 cm³/mol. The van der Waals surface area contributed by atoms with E-state index < -0.39 is 0 Å². The van der Waals surface area contributed by atoms with Gasteiger partial charge in [-0.15, -0.1) is 0 Å². The number of halogens is 2. The summed E-state index contributed by atoms with van der Waals surface area (Å²) in [7, 11) is 0. The summed E-state index contributed by atoms with van der Waals surface area (Å²) in [6, 6.07) is 15.3. The summed E-state index contributed by atoms with van der Waals surface area (Å²) in [4.78, 5) is 16.5. The van der Waals surface area contributed by atoms with Crippen LogP contribution >= 0.6 is 11.6 Å².